The Morgan fingerprint density at radius 1 is 1.29 bits per heavy atom. The number of aryl methyl sites for hydroxylation is 1. The van der Waals surface area contributed by atoms with Crippen LogP contribution in [0.2, 0.25) is 0 Å². The minimum absolute atomic E-state index is 0.0612. The Hall–Kier alpha value is -0.870. The lowest BCUT2D eigenvalue weighted by atomic mass is 9.87. The standard InChI is InChI=1S/C17H27NO2S/c1-4-12-18-17-15-9-7-6-8-14(15)10-11-16(17)21(19,20)13(3)5-2/h6-9,13,16-18H,4-5,10-12H2,1-3H3. The third-order valence-electron chi connectivity index (χ3n) is 4.63. The van der Waals surface area contributed by atoms with Gasteiger partial charge in [0.1, 0.15) is 0 Å². The molecule has 3 unspecified atom stereocenters. The topological polar surface area (TPSA) is 46.2 Å². The van der Waals surface area contributed by atoms with Crippen LogP contribution in [-0.2, 0) is 16.3 Å². The average molecular weight is 309 g/mol. The van der Waals surface area contributed by atoms with Crippen molar-refractivity contribution in [1.29, 1.82) is 0 Å². The first-order valence-electron chi connectivity index (χ1n) is 8.06. The summed E-state index contributed by atoms with van der Waals surface area (Å²) >= 11 is 0. The fourth-order valence-corrected chi connectivity index (χ4v) is 5.29. The molecule has 3 nitrogen and oxygen atoms in total. The molecule has 0 bridgehead atoms. The van der Waals surface area contributed by atoms with Gasteiger partial charge in [0.2, 0.25) is 0 Å². The molecule has 2 rings (SSSR count). The molecule has 0 fully saturated rings. The van der Waals surface area contributed by atoms with Crippen molar-refractivity contribution in [3.63, 3.8) is 0 Å². The van der Waals surface area contributed by atoms with Crippen molar-refractivity contribution in [3.8, 4) is 0 Å². The molecular formula is C17H27NO2S. The molecule has 0 aromatic heterocycles. The maximum Gasteiger partial charge on any atom is 0.157 e. The van der Waals surface area contributed by atoms with Gasteiger partial charge in [-0.2, -0.15) is 0 Å². The van der Waals surface area contributed by atoms with Crippen LogP contribution in [-0.4, -0.2) is 25.5 Å². The second kappa shape index (κ2) is 6.93. The van der Waals surface area contributed by atoms with Gasteiger partial charge in [-0.1, -0.05) is 38.1 Å². The molecular weight excluding hydrogens is 282 g/mol. The van der Waals surface area contributed by atoms with E-state index in [1.165, 1.54) is 11.1 Å². The Bertz CT molecular complexity index is 568. The first-order chi connectivity index (χ1) is 10.0. The maximum absolute atomic E-state index is 12.9. The van der Waals surface area contributed by atoms with E-state index in [2.05, 4.69) is 24.4 Å². The van der Waals surface area contributed by atoms with Gasteiger partial charge in [0.05, 0.1) is 10.5 Å². The van der Waals surface area contributed by atoms with Crippen LogP contribution in [0.4, 0.5) is 0 Å². The number of hydrogen-bond acceptors (Lipinski definition) is 3. The molecule has 0 saturated carbocycles. The Labute approximate surface area is 129 Å². The molecule has 3 atom stereocenters. The van der Waals surface area contributed by atoms with Crippen molar-refractivity contribution in [2.45, 2.75) is 63.0 Å². The van der Waals surface area contributed by atoms with Crippen LogP contribution in [0.25, 0.3) is 0 Å². The van der Waals surface area contributed by atoms with Gasteiger partial charge in [-0.05, 0) is 50.3 Å². The minimum Gasteiger partial charge on any atom is -0.309 e. The minimum atomic E-state index is -3.10. The molecule has 118 valence electrons. The lowest BCUT2D eigenvalue weighted by Gasteiger charge is -2.35. The second-order valence-electron chi connectivity index (χ2n) is 6.02. The van der Waals surface area contributed by atoms with E-state index in [9.17, 15) is 8.42 Å². The van der Waals surface area contributed by atoms with E-state index in [4.69, 9.17) is 0 Å². The maximum atomic E-state index is 12.9. The molecule has 1 aromatic carbocycles. The summed E-state index contributed by atoms with van der Waals surface area (Å²) in [7, 11) is -3.10. The molecule has 4 heteroatoms. The van der Waals surface area contributed by atoms with Crippen LogP contribution in [0.5, 0.6) is 0 Å². The van der Waals surface area contributed by atoms with Crippen molar-refractivity contribution >= 4 is 9.84 Å². The number of fused-ring (bicyclic) bond motifs is 1. The van der Waals surface area contributed by atoms with Crippen LogP contribution in [0.15, 0.2) is 24.3 Å². The summed E-state index contributed by atoms with van der Waals surface area (Å²) in [6, 6.07) is 8.20. The van der Waals surface area contributed by atoms with Crippen molar-refractivity contribution in [1.82, 2.24) is 5.32 Å². The van der Waals surface area contributed by atoms with E-state index in [0.29, 0.717) is 6.42 Å². The molecule has 0 radical (unpaired) electrons. The van der Waals surface area contributed by atoms with Crippen LogP contribution >= 0.6 is 0 Å². The monoisotopic (exact) mass is 309 g/mol. The highest BCUT2D eigenvalue weighted by Crippen LogP contribution is 2.35. The number of sulfone groups is 1. The van der Waals surface area contributed by atoms with Gasteiger partial charge in [0.15, 0.2) is 9.84 Å². The molecule has 1 aliphatic carbocycles. The van der Waals surface area contributed by atoms with Crippen LogP contribution in [0, 0.1) is 0 Å². The highest BCUT2D eigenvalue weighted by atomic mass is 32.2. The highest BCUT2D eigenvalue weighted by molar-refractivity contribution is 7.92. The molecule has 0 amide bonds. The Morgan fingerprint density at radius 2 is 2.00 bits per heavy atom. The van der Waals surface area contributed by atoms with E-state index < -0.39 is 9.84 Å². The van der Waals surface area contributed by atoms with Crippen molar-refractivity contribution in [3.05, 3.63) is 35.4 Å². The third kappa shape index (κ3) is 3.32. The molecule has 0 saturated heterocycles. The van der Waals surface area contributed by atoms with Gasteiger partial charge in [0, 0.05) is 6.04 Å². The predicted octanol–water partition coefficient (Wildman–Crippen LogP) is 3.26. The average Bonchev–Trinajstić information content (AvgIpc) is 2.51. The zero-order valence-electron chi connectivity index (χ0n) is 13.3. The van der Waals surface area contributed by atoms with Crippen LogP contribution < -0.4 is 5.32 Å². The van der Waals surface area contributed by atoms with Gasteiger partial charge < -0.3 is 5.32 Å². The lowest BCUT2D eigenvalue weighted by Crippen LogP contribution is -2.44. The van der Waals surface area contributed by atoms with Gasteiger partial charge >= 0.3 is 0 Å². The van der Waals surface area contributed by atoms with Crippen molar-refractivity contribution < 1.29 is 8.42 Å². The molecule has 0 spiro atoms. The lowest BCUT2D eigenvalue weighted by molar-refractivity contribution is 0.444. The molecule has 1 aliphatic rings. The fourth-order valence-electron chi connectivity index (χ4n) is 3.16. The fraction of sp³-hybridized carbons (Fsp3) is 0.647. The number of nitrogens with one attached hydrogen (secondary N) is 1. The Balaban J connectivity index is 2.38. The number of benzene rings is 1. The second-order valence-corrected chi connectivity index (χ2v) is 8.60. The van der Waals surface area contributed by atoms with E-state index >= 15 is 0 Å². The van der Waals surface area contributed by atoms with E-state index in [1.807, 2.05) is 26.0 Å². The number of hydrogen-bond donors (Lipinski definition) is 1. The zero-order chi connectivity index (χ0) is 15.5. The molecule has 1 N–H and O–H groups in total. The van der Waals surface area contributed by atoms with Crippen molar-refractivity contribution in [2.75, 3.05) is 6.54 Å². The normalized spacial score (nSPS) is 23.6. The first-order valence-corrected chi connectivity index (χ1v) is 9.67. The molecule has 0 heterocycles. The van der Waals surface area contributed by atoms with Crippen molar-refractivity contribution in [2.24, 2.45) is 0 Å². The summed E-state index contributed by atoms with van der Waals surface area (Å²) < 4.78 is 25.7. The summed E-state index contributed by atoms with van der Waals surface area (Å²) in [6.45, 7) is 6.76. The quantitative estimate of drug-likeness (QED) is 0.877. The largest absolute Gasteiger partial charge is 0.309 e. The summed E-state index contributed by atoms with van der Waals surface area (Å²) in [5.41, 5.74) is 2.47. The van der Waals surface area contributed by atoms with Gasteiger partial charge in [-0.15, -0.1) is 0 Å². The smallest absolute Gasteiger partial charge is 0.157 e. The summed E-state index contributed by atoms with van der Waals surface area (Å²) in [4.78, 5) is 0. The van der Waals surface area contributed by atoms with E-state index in [0.717, 1.165) is 25.8 Å². The zero-order valence-corrected chi connectivity index (χ0v) is 14.1. The predicted molar refractivity (Wildman–Crippen MR) is 88.3 cm³/mol. The van der Waals surface area contributed by atoms with E-state index in [-0.39, 0.29) is 16.5 Å². The summed E-state index contributed by atoms with van der Waals surface area (Å²) in [6.07, 6.45) is 3.28. The van der Waals surface area contributed by atoms with Crippen LogP contribution in [0.1, 0.15) is 57.2 Å². The first kappa shape index (κ1) is 16.5. The Morgan fingerprint density at radius 3 is 2.67 bits per heavy atom. The van der Waals surface area contributed by atoms with Gasteiger partial charge in [-0.25, -0.2) is 8.42 Å². The molecule has 1 aromatic rings. The van der Waals surface area contributed by atoms with Crippen LogP contribution in [0.3, 0.4) is 0 Å². The van der Waals surface area contributed by atoms with E-state index in [1.54, 1.807) is 0 Å². The molecule has 21 heavy (non-hydrogen) atoms. The SMILES string of the molecule is CCCNC1c2ccccc2CCC1S(=O)(=O)C(C)CC. The summed E-state index contributed by atoms with van der Waals surface area (Å²) in [5.74, 6) is 0. The number of rotatable bonds is 6. The van der Waals surface area contributed by atoms with Gasteiger partial charge in [-0.3, -0.25) is 0 Å². The molecule has 0 aliphatic heterocycles. The van der Waals surface area contributed by atoms with Gasteiger partial charge in [0.25, 0.3) is 0 Å². The Kier molecular flexibility index (Phi) is 5.44. The summed E-state index contributed by atoms with van der Waals surface area (Å²) in [5, 5.41) is 2.92. The highest BCUT2D eigenvalue weighted by Gasteiger charge is 2.39. The third-order valence-corrected chi connectivity index (χ3v) is 7.44.